The highest BCUT2D eigenvalue weighted by atomic mass is 16.5. The summed E-state index contributed by atoms with van der Waals surface area (Å²) in [7, 11) is 1.53. The predicted octanol–water partition coefficient (Wildman–Crippen LogP) is 0.466. The first-order valence-corrected chi connectivity index (χ1v) is 4.71. The van der Waals surface area contributed by atoms with Gasteiger partial charge in [-0.25, -0.2) is 0 Å². The van der Waals surface area contributed by atoms with Crippen molar-refractivity contribution in [2.45, 2.75) is 12.5 Å². The molecule has 1 amide bonds. The summed E-state index contributed by atoms with van der Waals surface area (Å²) in [5.74, 6) is 0.296. The number of aliphatic hydroxyl groups is 1. The van der Waals surface area contributed by atoms with Gasteiger partial charge in [0.1, 0.15) is 11.9 Å². The average Bonchev–Trinajstić information content (AvgIpc) is 2.76. The molecule has 0 spiro atoms. The molecule has 1 aromatic rings. The molecule has 5 nitrogen and oxygen atoms in total. The average molecular weight is 213 g/mol. The zero-order valence-electron chi connectivity index (χ0n) is 8.60. The molecule has 0 saturated heterocycles. The Bertz CT molecular complexity index is 284. The number of furan rings is 1. The standard InChI is InChI=1S/C10H15NO4/c1-14-6-4-10(13)11-7-8(12)9-3-2-5-15-9/h2-3,5,8,12H,4,6-7H2,1H3,(H,11,13). The fourth-order valence-corrected chi connectivity index (χ4v) is 1.08. The van der Waals surface area contributed by atoms with Crippen LogP contribution in [0, 0.1) is 0 Å². The predicted molar refractivity (Wildman–Crippen MR) is 53.2 cm³/mol. The zero-order valence-corrected chi connectivity index (χ0v) is 8.60. The van der Waals surface area contributed by atoms with Crippen LogP contribution in [0.2, 0.25) is 0 Å². The van der Waals surface area contributed by atoms with Gasteiger partial charge in [0.05, 0.1) is 19.4 Å². The quantitative estimate of drug-likeness (QED) is 0.720. The van der Waals surface area contributed by atoms with Crippen molar-refractivity contribution in [1.29, 1.82) is 0 Å². The van der Waals surface area contributed by atoms with Crippen molar-refractivity contribution in [3.8, 4) is 0 Å². The van der Waals surface area contributed by atoms with Crippen LogP contribution in [-0.4, -0.2) is 31.3 Å². The number of methoxy groups -OCH3 is 1. The molecular weight excluding hydrogens is 198 g/mol. The molecule has 0 radical (unpaired) electrons. The third-order valence-corrected chi connectivity index (χ3v) is 1.90. The second kappa shape index (κ2) is 6.21. The normalized spacial score (nSPS) is 12.4. The summed E-state index contributed by atoms with van der Waals surface area (Å²) in [5, 5.41) is 12.1. The number of amides is 1. The molecule has 0 fully saturated rings. The summed E-state index contributed by atoms with van der Waals surface area (Å²) in [6, 6.07) is 3.34. The fraction of sp³-hybridized carbons (Fsp3) is 0.500. The van der Waals surface area contributed by atoms with Crippen LogP contribution in [0.5, 0.6) is 0 Å². The van der Waals surface area contributed by atoms with Crippen molar-refractivity contribution in [3.05, 3.63) is 24.2 Å². The molecule has 0 aliphatic heterocycles. The first-order valence-electron chi connectivity index (χ1n) is 4.71. The van der Waals surface area contributed by atoms with Gasteiger partial charge in [-0.05, 0) is 12.1 Å². The molecule has 1 atom stereocenters. The Balaban J connectivity index is 2.22. The Labute approximate surface area is 88.0 Å². The van der Waals surface area contributed by atoms with Crippen LogP contribution in [-0.2, 0) is 9.53 Å². The molecule has 1 unspecified atom stereocenters. The summed E-state index contributed by atoms with van der Waals surface area (Å²) in [4.78, 5) is 11.1. The van der Waals surface area contributed by atoms with Crippen molar-refractivity contribution in [2.75, 3.05) is 20.3 Å². The maximum absolute atomic E-state index is 11.1. The summed E-state index contributed by atoms with van der Waals surface area (Å²) < 4.78 is 9.73. The van der Waals surface area contributed by atoms with Gasteiger partial charge in [-0.1, -0.05) is 0 Å². The van der Waals surface area contributed by atoms with E-state index in [0.29, 0.717) is 18.8 Å². The van der Waals surface area contributed by atoms with Crippen molar-refractivity contribution < 1.29 is 19.1 Å². The number of carbonyl (C=O) groups excluding carboxylic acids is 1. The lowest BCUT2D eigenvalue weighted by atomic mass is 10.2. The number of carbonyl (C=O) groups is 1. The first-order chi connectivity index (χ1) is 7.24. The van der Waals surface area contributed by atoms with Crippen LogP contribution in [0.4, 0.5) is 0 Å². The molecule has 5 heteroatoms. The maximum Gasteiger partial charge on any atom is 0.222 e. The molecule has 2 N–H and O–H groups in total. The second-order valence-corrected chi connectivity index (χ2v) is 3.08. The molecule has 0 aliphatic carbocycles. The largest absolute Gasteiger partial charge is 0.467 e. The monoisotopic (exact) mass is 213 g/mol. The van der Waals surface area contributed by atoms with Crippen molar-refractivity contribution >= 4 is 5.91 Å². The molecular formula is C10H15NO4. The molecule has 1 aromatic heterocycles. The van der Waals surface area contributed by atoms with Gasteiger partial charge in [0.15, 0.2) is 0 Å². The van der Waals surface area contributed by atoms with Crippen LogP contribution in [0.3, 0.4) is 0 Å². The van der Waals surface area contributed by atoms with E-state index in [1.165, 1.54) is 13.4 Å². The minimum atomic E-state index is -0.800. The highest BCUT2D eigenvalue weighted by molar-refractivity contribution is 5.75. The minimum absolute atomic E-state index is 0.149. The van der Waals surface area contributed by atoms with Gasteiger partial charge in [-0.15, -0.1) is 0 Å². The van der Waals surface area contributed by atoms with E-state index in [9.17, 15) is 9.90 Å². The van der Waals surface area contributed by atoms with Gasteiger partial charge < -0.3 is 19.6 Å². The molecule has 1 heterocycles. The third-order valence-electron chi connectivity index (χ3n) is 1.90. The number of hydrogen-bond donors (Lipinski definition) is 2. The van der Waals surface area contributed by atoms with Crippen molar-refractivity contribution in [1.82, 2.24) is 5.32 Å². The highest BCUT2D eigenvalue weighted by Crippen LogP contribution is 2.11. The minimum Gasteiger partial charge on any atom is -0.467 e. The van der Waals surface area contributed by atoms with Crippen LogP contribution in [0.25, 0.3) is 0 Å². The second-order valence-electron chi connectivity index (χ2n) is 3.08. The van der Waals surface area contributed by atoms with Crippen LogP contribution >= 0.6 is 0 Å². The summed E-state index contributed by atoms with van der Waals surface area (Å²) in [6.45, 7) is 0.527. The van der Waals surface area contributed by atoms with Gasteiger partial charge in [-0.3, -0.25) is 4.79 Å². The lowest BCUT2D eigenvalue weighted by Gasteiger charge is -2.09. The van der Waals surface area contributed by atoms with Gasteiger partial charge in [0, 0.05) is 13.5 Å². The van der Waals surface area contributed by atoms with E-state index in [0.717, 1.165) is 0 Å². The third kappa shape index (κ3) is 4.14. The molecule has 15 heavy (non-hydrogen) atoms. The number of nitrogens with one attached hydrogen (secondary N) is 1. The van der Waals surface area contributed by atoms with Crippen LogP contribution in [0.15, 0.2) is 22.8 Å². The fourth-order valence-electron chi connectivity index (χ4n) is 1.08. The van der Waals surface area contributed by atoms with Crippen molar-refractivity contribution in [2.24, 2.45) is 0 Å². The smallest absolute Gasteiger partial charge is 0.222 e. The van der Waals surface area contributed by atoms with E-state index in [1.54, 1.807) is 12.1 Å². The Morgan fingerprint density at radius 3 is 3.13 bits per heavy atom. The van der Waals surface area contributed by atoms with Gasteiger partial charge in [0.25, 0.3) is 0 Å². The number of rotatable bonds is 6. The number of hydrogen-bond acceptors (Lipinski definition) is 4. The molecule has 0 aliphatic rings. The topological polar surface area (TPSA) is 71.7 Å². The van der Waals surface area contributed by atoms with Gasteiger partial charge in [0.2, 0.25) is 5.91 Å². The number of aliphatic hydroxyl groups excluding tert-OH is 1. The summed E-state index contributed by atoms with van der Waals surface area (Å²) in [5.41, 5.74) is 0. The Morgan fingerprint density at radius 2 is 2.53 bits per heavy atom. The molecule has 0 saturated carbocycles. The van der Waals surface area contributed by atoms with E-state index in [4.69, 9.17) is 9.15 Å². The molecule has 1 rings (SSSR count). The molecule has 0 aromatic carbocycles. The van der Waals surface area contributed by atoms with Crippen molar-refractivity contribution in [3.63, 3.8) is 0 Å². The van der Waals surface area contributed by atoms with Crippen LogP contribution in [0.1, 0.15) is 18.3 Å². The van der Waals surface area contributed by atoms with E-state index in [1.807, 2.05) is 0 Å². The maximum atomic E-state index is 11.1. The van der Waals surface area contributed by atoms with E-state index < -0.39 is 6.10 Å². The lowest BCUT2D eigenvalue weighted by molar-refractivity contribution is -0.122. The molecule has 84 valence electrons. The SMILES string of the molecule is COCCC(=O)NCC(O)c1ccco1. The van der Waals surface area contributed by atoms with Crippen LogP contribution < -0.4 is 5.32 Å². The van der Waals surface area contributed by atoms with E-state index in [2.05, 4.69) is 5.32 Å². The molecule has 0 bridgehead atoms. The zero-order chi connectivity index (χ0) is 11.1. The van der Waals surface area contributed by atoms with Gasteiger partial charge in [-0.2, -0.15) is 0 Å². The first kappa shape index (κ1) is 11.7. The Hall–Kier alpha value is -1.33. The number of ether oxygens (including phenoxy) is 1. The Kier molecular flexibility index (Phi) is 4.86. The highest BCUT2D eigenvalue weighted by Gasteiger charge is 2.11. The van der Waals surface area contributed by atoms with E-state index >= 15 is 0 Å². The summed E-state index contributed by atoms with van der Waals surface area (Å²) in [6.07, 6.45) is 0.971. The van der Waals surface area contributed by atoms with Gasteiger partial charge >= 0.3 is 0 Å². The van der Waals surface area contributed by atoms with E-state index in [-0.39, 0.29) is 12.5 Å². The summed E-state index contributed by atoms with van der Waals surface area (Å²) >= 11 is 0. The Morgan fingerprint density at radius 1 is 1.73 bits per heavy atom. The lowest BCUT2D eigenvalue weighted by Crippen LogP contribution is -2.28.